The molecule has 0 aromatic heterocycles. The van der Waals surface area contributed by atoms with E-state index < -0.39 is 5.97 Å². The van der Waals surface area contributed by atoms with Crippen LogP contribution in [0.1, 0.15) is 19.8 Å². The van der Waals surface area contributed by atoms with Crippen LogP contribution in [0.25, 0.3) is 0 Å². The van der Waals surface area contributed by atoms with E-state index in [9.17, 15) is 4.79 Å². The molecule has 0 aliphatic rings. The molecule has 0 bridgehead atoms. The van der Waals surface area contributed by atoms with Crippen molar-refractivity contribution in [2.45, 2.75) is 19.8 Å². The van der Waals surface area contributed by atoms with E-state index in [1.165, 1.54) is 0 Å². The van der Waals surface area contributed by atoms with Crippen LogP contribution in [0.5, 0.6) is 5.75 Å². The molecule has 4 heteroatoms. The van der Waals surface area contributed by atoms with Crippen molar-refractivity contribution in [2.75, 3.05) is 5.73 Å². The maximum atomic E-state index is 10.9. The van der Waals surface area contributed by atoms with E-state index >= 15 is 0 Å². The van der Waals surface area contributed by atoms with Gasteiger partial charge >= 0.3 is 5.97 Å². The summed E-state index contributed by atoms with van der Waals surface area (Å²) in [6, 6.07) is 6.83. The standard InChI is InChI=1S/C10H13NO3/c1-2-5-10(12)14-13-9-7-4-3-6-8(9)11/h3-4,6-7H,2,5,11H2,1H3. The summed E-state index contributed by atoms with van der Waals surface area (Å²) in [5.74, 6) is -0.0345. The molecule has 0 heterocycles. The van der Waals surface area contributed by atoms with E-state index in [4.69, 9.17) is 10.6 Å². The Morgan fingerprint density at radius 1 is 1.43 bits per heavy atom. The van der Waals surface area contributed by atoms with Gasteiger partial charge in [-0.1, -0.05) is 19.1 Å². The van der Waals surface area contributed by atoms with Crippen LogP contribution in [-0.2, 0) is 9.68 Å². The SMILES string of the molecule is CCCC(=O)OOc1ccccc1N. The maximum Gasteiger partial charge on any atom is 0.355 e. The molecule has 0 aliphatic carbocycles. The van der Waals surface area contributed by atoms with Gasteiger partial charge in [0.2, 0.25) is 5.75 Å². The maximum absolute atomic E-state index is 10.9. The summed E-state index contributed by atoms with van der Waals surface area (Å²) in [5.41, 5.74) is 6.01. The van der Waals surface area contributed by atoms with Crippen molar-refractivity contribution in [2.24, 2.45) is 0 Å². The Kier molecular flexibility index (Phi) is 3.79. The summed E-state index contributed by atoms with van der Waals surface area (Å²) < 4.78 is 0. The zero-order valence-corrected chi connectivity index (χ0v) is 8.03. The third-order valence-electron chi connectivity index (χ3n) is 1.60. The minimum Gasteiger partial charge on any atom is -0.396 e. The number of anilines is 1. The highest BCUT2D eigenvalue weighted by Crippen LogP contribution is 2.19. The van der Waals surface area contributed by atoms with Gasteiger partial charge in [-0.05, 0) is 18.6 Å². The monoisotopic (exact) mass is 195 g/mol. The Hall–Kier alpha value is -1.71. The topological polar surface area (TPSA) is 61.5 Å². The van der Waals surface area contributed by atoms with Gasteiger partial charge in [-0.25, -0.2) is 4.79 Å². The molecule has 0 radical (unpaired) electrons. The van der Waals surface area contributed by atoms with Crippen LogP contribution in [0, 0.1) is 0 Å². The smallest absolute Gasteiger partial charge is 0.355 e. The molecule has 2 N–H and O–H groups in total. The molecule has 0 saturated heterocycles. The number of carbonyl (C=O) groups is 1. The molecular weight excluding hydrogens is 182 g/mol. The summed E-state index contributed by atoms with van der Waals surface area (Å²) in [7, 11) is 0. The second-order valence-electron chi connectivity index (χ2n) is 2.83. The van der Waals surface area contributed by atoms with Crippen molar-refractivity contribution in [3.63, 3.8) is 0 Å². The number of hydrogen-bond donors (Lipinski definition) is 1. The first-order valence-corrected chi connectivity index (χ1v) is 4.46. The fourth-order valence-electron chi connectivity index (χ4n) is 0.894. The third-order valence-corrected chi connectivity index (χ3v) is 1.60. The third kappa shape index (κ3) is 2.97. The first-order chi connectivity index (χ1) is 6.74. The molecule has 0 saturated carbocycles. The van der Waals surface area contributed by atoms with E-state index in [1.807, 2.05) is 6.92 Å². The molecule has 0 amide bonds. The number of nitrogens with two attached hydrogens (primary N) is 1. The van der Waals surface area contributed by atoms with Crippen molar-refractivity contribution < 1.29 is 14.6 Å². The summed E-state index contributed by atoms with van der Waals surface area (Å²) in [4.78, 5) is 20.2. The number of para-hydroxylation sites is 2. The van der Waals surface area contributed by atoms with Gasteiger partial charge in [0, 0.05) is 6.42 Å². The van der Waals surface area contributed by atoms with E-state index in [0.717, 1.165) is 6.42 Å². The van der Waals surface area contributed by atoms with Crippen LogP contribution >= 0.6 is 0 Å². The lowest BCUT2D eigenvalue weighted by Gasteiger charge is -2.05. The number of nitrogen functional groups attached to an aromatic ring is 1. The van der Waals surface area contributed by atoms with E-state index in [-0.39, 0.29) is 0 Å². The van der Waals surface area contributed by atoms with Gasteiger partial charge in [0.15, 0.2) is 0 Å². The number of carbonyl (C=O) groups excluding carboxylic acids is 1. The van der Waals surface area contributed by atoms with Crippen molar-refractivity contribution in [1.82, 2.24) is 0 Å². The molecule has 1 aromatic carbocycles. The highest BCUT2D eigenvalue weighted by atomic mass is 17.2. The second kappa shape index (κ2) is 5.11. The molecule has 0 aliphatic heterocycles. The number of benzene rings is 1. The lowest BCUT2D eigenvalue weighted by Crippen LogP contribution is -2.08. The van der Waals surface area contributed by atoms with Gasteiger partial charge < -0.3 is 5.73 Å². The van der Waals surface area contributed by atoms with Gasteiger partial charge in [-0.15, -0.1) is 0 Å². The van der Waals surface area contributed by atoms with Crippen LogP contribution in [0.2, 0.25) is 0 Å². The average molecular weight is 195 g/mol. The number of hydrogen-bond acceptors (Lipinski definition) is 4. The fourth-order valence-corrected chi connectivity index (χ4v) is 0.894. The van der Waals surface area contributed by atoms with Gasteiger partial charge in [0.05, 0.1) is 5.69 Å². The van der Waals surface area contributed by atoms with E-state index in [2.05, 4.69) is 4.89 Å². The molecular formula is C10H13NO3. The van der Waals surface area contributed by atoms with Gasteiger partial charge in [0.1, 0.15) is 0 Å². The van der Waals surface area contributed by atoms with Gasteiger partial charge in [0.25, 0.3) is 0 Å². The van der Waals surface area contributed by atoms with Crippen LogP contribution in [0.3, 0.4) is 0 Å². The second-order valence-corrected chi connectivity index (χ2v) is 2.83. The Bertz CT molecular complexity index is 312. The lowest BCUT2D eigenvalue weighted by atomic mass is 10.3. The van der Waals surface area contributed by atoms with Crippen molar-refractivity contribution >= 4 is 11.7 Å². The highest BCUT2D eigenvalue weighted by Gasteiger charge is 2.05. The molecule has 0 atom stereocenters. The predicted octanol–water partition coefficient (Wildman–Crippen LogP) is 1.91. The Morgan fingerprint density at radius 2 is 2.14 bits per heavy atom. The summed E-state index contributed by atoms with van der Waals surface area (Å²) in [6.45, 7) is 1.89. The normalized spacial score (nSPS) is 9.50. The molecule has 1 rings (SSSR count). The van der Waals surface area contributed by atoms with Gasteiger partial charge in [-0.3, -0.25) is 9.78 Å². The molecule has 4 nitrogen and oxygen atoms in total. The minimum absolute atomic E-state index is 0.340. The fraction of sp³-hybridized carbons (Fsp3) is 0.300. The van der Waals surface area contributed by atoms with E-state index in [1.54, 1.807) is 24.3 Å². The quantitative estimate of drug-likeness (QED) is 0.453. The van der Waals surface area contributed by atoms with Crippen LogP contribution < -0.4 is 10.6 Å². The van der Waals surface area contributed by atoms with Crippen LogP contribution in [0.4, 0.5) is 5.69 Å². The average Bonchev–Trinajstić information content (AvgIpc) is 2.17. The summed E-state index contributed by atoms with van der Waals surface area (Å²) >= 11 is 0. The molecule has 76 valence electrons. The Morgan fingerprint density at radius 3 is 2.79 bits per heavy atom. The molecule has 0 fully saturated rings. The van der Waals surface area contributed by atoms with Crippen molar-refractivity contribution in [3.05, 3.63) is 24.3 Å². The minimum atomic E-state index is -0.393. The van der Waals surface area contributed by atoms with Crippen LogP contribution in [0.15, 0.2) is 24.3 Å². The van der Waals surface area contributed by atoms with Crippen molar-refractivity contribution in [1.29, 1.82) is 0 Å². The first kappa shape index (κ1) is 10.4. The summed E-state index contributed by atoms with van der Waals surface area (Å²) in [5, 5.41) is 0. The first-order valence-electron chi connectivity index (χ1n) is 4.46. The highest BCUT2D eigenvalue weighted by molar-refractivity contribution is 5.68. The molecule has 0 spiro atoms. The Labute approximate surface area is 82.5 Å². The predicted molar refractivity (Wildman–Crippen MR) is 52.5 cm³/mol. The molecule has 0 unspecified atom stereocenters. The molecule has 1 aromatic rings. The largest absolute Gasteiger partial charge is 0.396 e. The zero-order chi connectivity index (χ0) is 10.4. The summed E-state index contributed by atoms with van der Waals surface area (Å²) in [6.07, 6.45) is 1.07. The van der Waals surface area contributed by atoms with Gasteiger partial charge in [-0.2, -0.15) is 0 Å². The number of rotatable bonds is 4. The zero-order valence-electron chi connectivity index (χ0n) is 8.03. The van der Waals surface area contributed by atoms with E-state index in [0.29, 0.717) is 17.9 Å². The van der Waals surface area contributed by atoms with Crippen molar-refractivity contribution in [3.8, 4) is 5.75 Å². The lowest BCUT2D eigenvalue weighted by molar-refractivity contribution is -0.213. The molecule has 14 heavy (non-hydrogen) atoms. The van der Waals surface area contributed by atoms with Crippen LogP contribution in [-0.4, -0.2) is 5.97 Å². The Balaban J connectivity index is 2.46.